The summed E-state index contributed by atoms with van der Waals surface area (Å²) in [6, 6.07) is 9.83. The summed E-state index contributed by atoms with van der Waals surface area (Å²) in [5.41, 5.74) is 0.770. The van der Waals surface area contributed by atoms with Crippen molar-refractivity contribution in [2.24, 2.45) is 0 Å². The van der Waals surface area contributed by atoms with Crippen molar-refractivity contribution < 1.29 is 9.21 Å². The van der Waals surface area contributed by atoms with Gasteiger partial charge in [0, 0.05) is 24.5 Å². The summed E-state index contributed by atoms with van der Waals surface area (Å²) in [4.78, 5) is 14.4. The lowest BCUT2D eigenvalue weighted by Gasteiger charge is -2.26. The van der Waals surface area contributed by atoms with Gasteiger partial charge in [-0.05, 0) is 32.0 Å². The summed E-state index contributed by atoms with van der Waals surface area (Å²) in [6.45, 7) is 4.58. The fourth-order valence-corrected chi connectivity index (χ4v) is 2.70. The van der Waals surface area contributed by atoms with Crippen LogP contribution in [0.5, 0.6) is 0 Å². The largest absolute Gasteiger partial charge is 0.451 e. The van der Waals surface area contributed by atoms with E-state index in [0.717, 1.165) is 30.5 Å². The molecule has 0 aliphatic carbocycles. The van der Waals surface area contributed by atoms with E-state index in [0.29, 0.717) is 12.3 Å². The quantitative estimate of drug-likeness (QED) is 0.918. The Bertz CT molecular complexity index is 552. The van der Waals surface area contributed by atoms with Crippen molar-refractivity contribution in [3.63, 3.8) is 0 Å². The second-order valence-electron chi connectivity index (χ2n) is 4.89. The maximum Gasteiger partial charge on any atom is 0.289 e. The number of fused-ring (bicyclic) bond motifs is 1. The number of rotatable bonds is 3. The molecule has 19 heavy (non-hydrogen) atoms. The van der Waals surface area contributed by atoms with E-state index in [-0.39, 0.29) is 11.9 Å². The first-order chi connectivity index (χ1) is 9.29. The molecule has 1 aliphatic rings. The Morgan fingerprint density at radius 1 is 1.47 bits per heavy atom. The van der Waals surface area contributed by atoms with Crippen LogP contribution in [0.4, 0.5) is 0 Å². The highest BCUT2D eigenvalue weighted by Gasteiger charge is 2.27. The second-order valence-corrected chi connectivity index (χ2v) is 4.89. The Morgan fingerprint density at radius 2 is 2.32 bits per heavy atom. The van der Waals surface area contributed by atoms with E-state index < -0.39 is 0 Å². The van der Waals surface area contributed by atoms with Crippen LogP contribution in [0.1, 0.15) is 23.9 Å². The Kier molecular flexibility index (Phi) is 3.25. The first kappa shape index (κ1) is 12.2. The predicted molar refractivity (Wildman–Crippen MR) is 74.2 cm³/mol. The summed E-state index contributed by atoms with van der Waals surface area (Å²) in [7, 11) is 0. The number of hydrogen-bond donors (Lipinski definition) is 1. The minimum absolute atomic E-state index is 0.00704. The Balaban J connectivity index is 1.88. The minimum Gasteiger partial charge on any atom is -0.451 e. The van der Waals surface area contributed by atoms with Gasteiger partial charge in [-0.1, -0.05) is 18.2 Å². The standard InChI is InChI=1S/C15H18N2O2/c1-2-17(12-7-8-16-10-12)15(18)14-9-11-5-3-4-6-13(11)19-14/h3-6,9,12,16H,2,7-8,10H2,1H3. The number of carbonyl (C=O) groups excluding carboxylic acids is 1. The van der Waals surface area contributed by atoms with Crippen molar-refractivity contribution in [3.8, 4) is 0 Å². The number of furan rings is 1. The van der Waals surface area contributed by atoms with Gasteiger partial charge in [-0.25, -0.2) is 0 Å². The van der Waals surface area contributed by atoms with Crippen LogP contribution < -0.4 is 5.32 Å². The van der Waals surface area contributed by atoms with Crippen molar-refractivity contribution in [2.45, 2.75) is 19.4 Å². The number of benzene rings is 1. The summed E-state index contributed by atoms with van der Waals surface area (Å²) in [6.07, 6.45) is 1.01. The molecular formula is C15H18N2O2. The molecule has 1 aliphatic heterocycles. The molecule has 1 aromatic heterocycles. The van der Waals surface area contributed by atoms with Crippen molar-refractivity contribution >= 4 is 16.9 Å². The molecule has 2 heterocycles. The van der Waals surface area contributed by atoms with Gasteiger partial charge in [0.05, 0.1) is 0 Å². The van der Waals surface area contributed by atoms with E-state index in [1.54, 1.807) is 0 Å². The van der Waals surface area contributed by atoms with E-state index in [2.05, 4.69) is 5.32 Å². The third-order valence-corrected chi connectivity index (χ3v) is 3.71. The highest BCUT2D eigenvalue weighted by molar-refractivity contribution is 5.96. The van der Waals surface area contributed by atoms with Gasteiger partial charge >= 0.3 is 0 Å². The van der Waals surface area contributed by atoms with E-state index in [1.165, 1.54) is 0 Å². The number of hydrogen-bond acceptors (Lipinski definition) is 3. The molecule has 1 N–H and O–H groups in total. The van der Waals surface area contributed by atoms with Gasteiger partial charge in [0.2, 0.25) is 0 Å². The molecule has 3 rings (SSSR count). The molecule has 0 spiro atoms. The molecule has 0 bridgehead atoms. The molecule has 4 heteroatoms. The topological polar surface area (TPSA) is 45.5 Å². The summed E-state index contributed by atoms with van der Waals surface area (Å²) in [5.74, 6) is 0.433. The van der Waals surface area contributed by atoms with Crippen LogP contribution in [0.2, 0.25) is 0 Å². The molecule has 1 fully saturated rings. The van der Waals surface area contributed by atoms with Gasteiger partial charge in [0.25, 0.3) is 5.91 Å². The molecule has 1 atom stereocenters. The molecule has 1 saturated heterocycles. The summed E-state index contributed by atoms with van der Waals surface area (Å²) >= 11 is 0. The maximum atomic E-state index is 12.5. The van der Waals surface area contributed by atoms with Crippen LogP contribution >= 0.6 is 0 Å². The van der Waals surface area contributed by atoms with Gasteiger partial charge < -0.3 is 14.6 Å². The number of likely N-dealkylation sites (N-methyl/N-ethyl adjacent to an activating group) is 1. The first-order valence-electron chi connectivity index (χ1n) is 6.80. The maximum absolute atomic E-state index is 12.5. The van der Waals surface area contributed by atoms with Gasteiger partial charge in [0.15, 0.2) is 5.76 Å². The lowest BCUT2D eigenvalue weighted by molar-refractivity contribution is 0.0673. The van der Waals surface area contributed by atoms with Crippen LogP contribution in [0.25, 0.3) is 11.0 Å². The van der Waals surface area contributed by atoms with Crippen LogP contribution in [-0.2, 0) is 0 Å². The van der Waals surface area contributed by atoms with E-state index in [4.69, 9.17) is 4.42 Å². The van der Waals surface area contributed by atoms with Crippen molar-refractivity contribution in [3.05, 3.63) is 36.1 Å². The van der Waals surface area contributed by atoms with Crippen LogP contribution in [-0.4, -0.2) is 36.5 Å². The van der Waals surface area contributed by atoms with Gasteiger partial charge in [-0.3, -0.25) is 4.79 Å². The van der Waals surface area contributed by atoms with E-state index >= 15 is 0 Å². The van der Waals surface area contributed by atoms with Crippen LogP contribution in [0, 0.1) is 0 Å². The van der Waals surface area contributed by atoms with Crippen LogP contribution in [0.15, 0.2) is 34.7 Å². The molecular weight excluding hydrogens is 240 g/mol. The number of nitrogens with zero attached hydrogens (tertiary/aromatic N) is 1. The van der Waals surface area contributed by atoms with Gasteiger partial charge in [-0.2, -0.15) is 0 Å². The zero-order valence-electron chi connectivity index (χ0n) is 11.1. The van der Waals surface area contributed by atoms with Gasteiger partial charge in [0.1, 0.15) is 5.58 Å². The molecule has 2 aromatic rings. The average molecular weight is 258 g/mol. The molecule has 0 saturated carbocycles. The lowest BCUT2D eigenvalue weighted by atomic mass is 10.2. The lowest BCUT2D eigenvalue weighted by Crippen LogP contribution is -2.41. The molecule has 100 valence electrons. The molecule has 1 unspecified atom stereocenters. The predicted octanol–water partition coefficient (Wildman–Crippen LogP) is 2.26. The van der Waals surface area contributed by atoms with Gasteiger partial charge in [-0.15, -0.1) is 0 Å². The number of para-hydroxylation sites is 1. The monoisotopic (exact) mass is 258 g/mol. The third kappa shape index (κ3) is 2.24. The highest BCUT2D eigenvalue weighted by Crippen LogP contribution is 2.21. The Hall–Kier alpha value is -1.81. The number of amides is 1. The minimum atomic E-state index is -0.00704. The second kappa shape index (κ2) is 5.05. The zero-order valence-corrected chi connectivity index (χ0v) is 11.1. The number of carbonyl (C=O) groups is 1. The van der Waals surface area contributed by atoms with E-state index in [1.807, 2.05) is 42.2 Å². The van der Waals surface area contributed by atoms with Crippen LogP contribution in [0.3, 0.4) is 0 Å². The third-order valence-electron chi connectivity index (χ3n) is 3.71. The first-order valence-corrected chi connectivity index (χ1v) is 6.80. The van der Waals surface area contributed by atoms with Crippen molar-refractivity contribution in [1.29, 1.82) is 0 Å². The normalized spacial score (nSPS) is 18.9. The molecule has 0 radical (unpaired) electrons. The molecule has 4 nitrogen and oxygen atoms in total. The smallest absolute Gasteiger partial charge is 0.289 e. The summed E-state index contributed by atoms with van der Waals surface area (Å²) in [5, 5.41) is 4.27. The fraction of sp³-hybridized carbons (Fsp3) is 0.400. The molecule has 1 amide bonds. The van der Waals surface area contributed by atoms with Crippen molar-refractivity contribution in [2.75, 3.05) is 19.6 Å². The SMILES string of the molecule is CCN(C(=O)c1cc2ccccc2o1)C1CCNC1. The Labute approximate surface area is 112 Å². The summed E-state index contributed by atoms with van der Waals surface area (Å²) < 4.78 is 5.66. The molecule has 1 aromatic carbocycles. The fourth-order valence-electron chi connectivity index (χ4n) is 2.70. The average Bonchev–Trinajstić information content (AvgIpc) is 3.08. The zero-order chi connectivity index (χ0) is 13.2. The van der Waals surface area contributed by atoms with E-state index in [9.17, 15) is 4.79 Å². The number of nitrogens with one attached hydrogen (secondary N) is 1. The Morgan fingerprint density at radius 3 is 3.00 bits per heavy atom. The highest BCUT2D eigenvalue weighted by atomic mass is 16.3. The van der Waals surface area contributed by atoms with Crippen molar-refractivity contribution in [1.82, 2.24) is 10.2 Å².